The molecule has 0 aliphatic heterocycles. The van der Waals surface area contributed by atoms with Crippen LogP contribution in [0.25, 0.3) is 10.8 Å². The molecule has 0 radical (unpaired) electrons. The van der Waals surface area contributed by atoms with E-state index >= 15 is 0 Å². The Bertz CT molecular complexity index is 977. The van der Waals surface area contributed by atoms with E-state index in [0.29, 0.717) is 0 Å². The van der Waals surface area contributed by atoms with Crippen molar-refractivity contribution < 1.29 is 9.59 Å². The van der Waals surface area contributed by atoms with Crippen LogP contribution in [0.15, 0.2) is 48.5 Å². The van der Waals surface area contributed by atoms with Crippen molar-refractivity contribution in [2.45, 2.75) is 13.3 Å². The van der Waals surface area contributed by atoms with Gasteiger partial charge in [-0.05, 0) is 41.5 Å². The maximum Gasteiger partial charge on any atom is 0.290 e. The molecule has 0 saturated carbocycles. The lowest BCUT2D eigenvalue weighted by molar-refractivity contribution is -0.119. The van der Waals surface area contributed by atoms with E-state index in [4.69, 9.17) is 12.2 Å². The average Bonchev–Trinajstić information content (AvgIpc) is 3.06. The molecule has 2 amide bonds. The first kappa shape index (κ1) is 17.6. The zero-order chi connectivity index (χ0) is 18.5. The van der Waals surface area contributed by atoms with Crippen molar-refractivity contribution in [2.75, 3.05) is 0 Å². The van der Waals surface area contributed by atoms with Gasteiger partial charge in [-0.2, -0.15) is 5.10 Å². The summed E-state index contributed by atoms with van der Waals surface area (Å²) in [6.45, 7) is 1.79. The fourth-order valence-corrected chi connectivity index (χ4v) is 2.70. The number of aromatic nitrogens is 2. The van der Waals surface area contributed by atoms with E-state index < -0.39 is 5.91 Å². The largest absolute Gasteiger partial charge is 0.302 e. The summed E-state index contributed by atoms with van der Waals surface area (Å²) in [6, 6.07) is 15.3. The molecule has 4 N–H and O–H groups in total. The van der Waals surface area contributed by atoms with Gasteiger partial charge in [0.1, 0.15) is 0 Å². The minimum atomic E-state index is -0.458. The predicted molar refractivity (Wildman–Crippen MR) is 102 cm³/mol. The van der Waals surface area contributed by atoms with Crippen LogP contribution in [0.1, 0.15) is 21.7 Å². The summed E-state index contributed by atoms with van der Waals surface area (Å²) in [5.41, 5.74) is 6.76. The predicted octanol–water partition coefficient (Wildman–Crippen LogP) is 1.75. The summed E-state index contributed by atoms with van der Waals surface area (Å²) >= 11 is 5.03. The highest BCUT2D eigenvalue weighted by molar-refractivity contribution is 7.80. The number of hydrazine groups is 1. The molecular formula is C18H17N5O2S. The molecule has 0 bridgehead atoms. The number of carbonyl (C=O) groups excluding carboxylic acids is 2. The molecule has 3 rings (SSSR count). The van der Waals surface area contributed by atoms with Crippen molar-refractivity contribution >= 4 is 39.9 Å². The van der Waals surface area contributed by atoms with Gasteiger partial charge in [0.15, 0.2) is 10.8 Å². The second kappa shape index (κ2) is 7.75. The number of benzene rings is 2. The Morgan fingerprint density at radius 1 is 1.12 bits per heavy atom. The number of rotatable bonds is 3. The van der Waals surface area contributed by atoms with Crippen molar-refractivity contribution in [3.05, 3.63) is 65.5 Å². The number of aromatic amines is 1. The molecular weight excluding hydrogens is 350 g/mol. The van der Waals surface area contributed by atoms with Crippen LogP contribution < -0.4 is 16.2 Å². The first-order valence-electron chi connectivity index (χ1n) is 7.92. The minimum absolute atomic E-state index is 0.0100. The SMILES string of the molecule is Cc1cc(C(=O)NNC(=S)NC(=O)Cc2cccc3ccccc23)n[nH]1. The van der Waals surface area contributed by atoms with E-state index in [9.17, 15) is 9.59 Å². The van der Waals surface area contributed by atoms with Gasteiger partial charge in [0.25, 0.3) is 5.91 Å². The summed E-state index contributed by atoms with van der Waals surface area (Å²) in [5.74, 6) is -0.733. The Morgan fingerprint density at radius 2 is 1.88 bits per heavy atom. The number of fused-ring (bicyclic) bond motifs is 1. The van der Waals surface area contributed by atoms with Crippen molar-refractivity contribution in [1.29, 1.82) is 0 Å². The van der Waals surface area contributed by atoms with E-state index in [1.54, 1.807) is 13.0 Å². The number of aryl methyl sites for hydroxylation is 1. The first-order chi connectivity index (χ1) is 12.5. The Hall–Kier alpha value is -3.26. The van der Waals surface area contributed by atoms with Crippen molar-refractivity contribution in [3.8, 4) is 0 Å². The van der Waals surface area contributed by atoms with Gasteiger partial charge in [-0.15, -0.1) is 0 Å². The molecule has 3 aromatic rings. The van der Waals surface area contributed by atoms with Gasteiger partial charge in [0.2, 0.25) is 5.91 Å². The highest BCUT2D eigenvalue weighted by atomic mass is 32.1. The number of hydrogen-bond donors (Lipinski definition) is 4. The fraction of sp³-hybridized carbons (Fsp3) is 0.111. The highest BCUT2D eigenvalue weighted by Gasteiger charge is 2.11. The number of carbonyl (C=O) groups is 2. The van der Waals surface area contributed by atoms with Crippen LogP contribution in [-0.2, 0) is 11.2 Å². The molecule has 0 fully saturated rings. The normalized spacial score (nSPS) is 10.3. The number of hydrogen-bond acceptors (Lipinski definition) is 4. The first-order valence-corrected chi connectivity index (χ1v) is 8.32. The quantitative estimate of drug-likeness (QED) is 0.418. The average molecular weight is 367 g/mol. The van der Waals surface area contributed by atoms with Gasteiger partial charge < -0.3 is 5.32 Å². The molecule has 132 valence electrons. The van der Waals surface area contributed by atoms with Crippen LogP contribution in [0, 0.1) is 6.92 Å². The van der Waals surface area contributed by atoms with E-state index in [1.165, 1.54) is 0 Å². The monoisotopic (exact) mass is 367 g/mol. The molecule has 0 aliphatic rings. The van der Waals surface area contributed by atoms with Crippen molar-refractivity contribution in [1.82, 2.24) is 26.4 Å². The summed E-state index contributed by atoms with van der Waals surface area (Å²) in [4.78, 5) is 24.1. The second-order valence-corrected chi connectivity index (χ2v) is 6.12. The minimum Gasteiger partial charge on any atom is -0.302 e. The molecule has 0 unspecified atom stereocenters. The lowest BCUT2D eigenvalue weighted by Crippen LogP contribution is -2.48. The van der Waals surface area contributed by atoms with E-state index in [1.807, 2.05) is 42.5 Å². The van der Waals surface area contributed by atoms with Crippen LogP contribution in [0.4, 0.5) is 0 Å². The molecule has 0 aliphatic carbocycles. The maximum atomic E-state index is 12.2. The van der Waals surface area contributed by atoms with Gasteiger partial charge in [-0.1, -0.05) is 42.5 Å². The molecule has 1 aromatic heterocycles. The lowest BCUT2D eigenvalue weighted by atomic mass is 10.0. The Labute approximate surface area is 155 Å². The molecule has 0 spiro atoms. The molecule has 8 heteroatoms. The topological polar surface area (TPSA) is 98.9 Å². The summed E-state index contributed by atoms with van der Waals surface area (Å²) in [6.07, 6.45) is 0.176. The number of nitrogens with one attached hydrogen (secondary N) is 4. The molecule has 0 saturated heterocycles. The van der Waals surface area contributed by atoms with Crippen LogP contribution in [-0.4, -0.2) is 27.1 Å². The molecule has 26 heavy (non-hydrogen) atoms. The van der Waals surface area contributed by atoms with E-state index in [0.717, 1.165) is 22.0 Å². The molecule has 7 nitrogen and oxygen atoms in total. The Morgan fingerprint density at radius 3 is 2.65 bits per heavy atom. The highest BCUT2D eigenvalue weighted by Crippen LogP contribution is 2.18. The van der Waals surface area contributed by atoms with Gasteiger partial charge in [0.05, 0.1) is 6.42 Å². The number of thiocarbonyl (C=S) groups is 1. The van der Waals surface area contributed by atoms with Gasteiger partial charge >= 0.3 is 0 Å². The number of nitrogens with zero attached hydrogens (tertiary/aromatic N) is 1. The van der Waals surface area contributed by atoms with E-state index in [2.05, 4.69) is 26.4 Å². The third-order valence-corrected chi connectivity index (χ3v) is 3.92. The summed E-state index contributed by atoms with van der Waals surface area (Å²) < 4.78 is 0. The maximum absolute atomic E-state index is 12.2. The van der Waals surface area contributed by atoms with Gasteiger partial charge in [-0.25, -0.2) is 0 Å². The van der Waals surface area contributed by atoms with Crippen LogP contribution in [0.5, 0.6) is 0 Å². The molecule has 1 heterocycles. The van der Waals surface area contributed by atoms with Crippen molar-refractivity contribution in [3.63, 3.8) is 0 Å². The fourth-order valence-electron chi connectivity index (χ4n) is 2.53. The lowest BCUT2D eigenvalue weighted by Gasteiger charge is -2.11. The summed E-state index contributed by atoms with van der Waals surface area (Å²) in [5, 5.41) is 11.1. The Kier molecular flexibility index (Phi) is 5.23. The van der Waals surface area contributed by atoms with Crippen LogP contribution in [0.3, 0.4) is 0 Å². The van der Waals surface area contributed by atoms with Gasteiger partial charge in [0, 0.05) is 5.69 Å². The summed E-state index contributed by atoms with van der Waals surface area (Å²) in [7, 11) is 0. The van der Waals surface area contributed by atoms with Crippen molar-refractivity contribution in [2.24, 2.45) is 0 Å². The third-order valence-electron chi connectivity index (χ3n) is 3.71. The Balaban J connectivity index is 1.54. The third kappa shape index (κ3) is 4.22. The van der Waals surface area contributed by atoms with Gasteiger partial charge in [-0.3, -0.25) is 25.5 Å². The molecule has 2 aromatic carbocycles. The molecule has 0 atom stereocenters. The number of amides is 2. The number of H-pyrrole nitrogens is 1. The standard InChI is InChI=1S/C18H17N5O2S/c1-11-9-15(21-20-11)17(25)22-23-18(26)19-16(24)10-13-7-4-6-12-5-2-3-8-14(12)13/h2-9H,10H2,1H3,(H,20,21)(H,22,25)(H2,19,23,24,26). The van der Waals surface area contributed by atoms with Crippen LogP contribution in [0.2, 0.25) is 0 Å². The second-order valence-electron chi connectivity index (χ2n) is 5.71. The van der Waals surface area contributed by atoms with E-state index in [-0.39, 0.29) is 23.1 Å². The van der Waals surface area contributed by atoms with Crippen LogP contribution >= 0.6 is 12.2 Å². The smallest absolute Gasteiger partial charge is 0.290 e. The zero-order valence-electron chi connectivity index (χ0n) is 14.0. The zero-order valence-corrected chi connectivity index (χ0v) is 14.8.